The van der Waals surface area contributed by atoms with Crippen LogP contribution in [0.1, 0.15) is 61.9 Å². The molecule has 27 heavy (non-hydrogen) atoms. The first kappa shape index (κ1) is 18.6. The Morgan fingerprint density at radius 3 is 2.67 bits per heavy atom. The lowest BCUT2D eigenvalue weighted by Crippen LogP contribution is -2.52. The van der Waals surface area contributed by atoms with Crippen molar-refractivity contribution in [3.63, 3.8) is 0 Å². The summed E-state index contributed by atoms with van der Waals surface area (Å²) in [5, 5.41) is 3.22. The van der Waals surface area contributed by atoms with E-state index in [-0.39, 0.29) is 11.3 Å². The van der Waals surface area contributed by atoms with E-state index in [1.165, 1.54) is 16.4 Å². The maximum atomic E-state index is 11.8. The zero-order valence-corrected chi connectivity index (χ0v) is 17.6. The summed E-state index contributed by atoms with van der Waals surface area (Å²) in [4.78, 5) is 25.9. The number of piperidine rings is 1. The summed E-state index contributed by atoms with van der Waals surface area (Å²) in [7, 11) is 0. The number of aryl methyl sites for hydroxylation is 1. The Morgan fingerprint density at radius 2 is 2.07 bits per heavy atom. The molecule has 0 aliphatic carbocycles. The van der Waals surface area contributed by atoms with Crippen molar-refractivity contribution in [2.24, 2.45) is 0 Å². The van der Waals surface area contributed by atoms with Gasteiger partial charge in [-0.15, -0.1) is 11.3 Å². The van der Waals surface area contributed by atoms with Crippen LogP contribution in [-0.2, 0) is 23.3 Å². The number of amides is 1. The van der Waals surface area contributed by atoms with Gasteiger partial charge in [-0.1, -0.05) is 0 Å². The summed E-state index contributed by atoms with van der Waals surface area (Å²) in [6.07, 6.45) is 3.87. The second kappa shape index (κ2) is 7.02. The number of imidazole rings is 1. The predicted octanol–water partition coefficient (Wildman–Crippen LogP) is 3.12. The third-order valence-corrected chi connectivity index (χ3v) is 6.88. The molecule has 0 radical (unpaired) electrons. The van der Waals surface area contributed by atoms with Gasteiger partial charge in [0.25, 0.3) is 0 Å². The molecule has 0 saturated carbocycles. The lowest BCUT2D eigenvalue weighted by molar-refractivity contribution is -0.130. The number of carbonyl (C=O) groups is 1. The number of fused-ring (bicyclic) bond motifs is 2. The summed E-state index contributed by atoms with van der Waals surface area (Å²) >= 11 is 1.72. The fourth-order valence-electron chi connectivity index (χ4n) is 4.90. The zero-order valence-electron chi connectivity index (χ0n) is 16.7. The van der Waals surface area contributed by atoms with Crippen molar-refractivity contribution >= 4 is 17.2 Å². The molecule has 0 bridgehead atoms. The zero-order chi connectivity index (χ0) is 19.2. The molecule has 4 heterocycles. The number of likely N-dealkylation sites (tertiary alicyclic amines) is 1. The van der Waals surface area contributed by atoms with E-state index in [4.69, 9.17) is 4.98 Å². The van der Waals surface area contributed by atoms with Gasteiger partial charge in [-0.25, -0.2) is 9.97 Å². The maximum Gasteiger partial charge on any atom is 0.219 e. The molecular weight excluding hydrogens is 358 g/mol. The number of hydrogen-bond donors (Lipinski definition) is 0. The molecule has 0 unspecified atom stereocenters. The first-order valence-electron chi connectivity index (χ1n) is 9.84. The lowest BCUT2D eigenvalue weighted by Gasteiger charge is -2.46. The average Bonchev–Trinajstić information content (AvgIpc) is 3.23. The van der Waals surface area contributed by atoms with Crippen molar-refractivity contribution in [2.45, 2.75) is 65.1 Å². The summed E-state index contributed by atoms with van der Waals surface area (Å²) in [6, 6.07) is 0.399. The molecule has 0 atom stereocenters. The van der Waals surface area contributed by atoms with Crippen LogP contribution < -0.4 is 0 Å². The van der Waals surface area contributed by atoms with E-state index in [1.54, 1.807) is 18.3 Å². The fourth-order valence-corrected chi connectivity index (χ4v) is 5.56. The monoisotopic (exact) mass is 387 g/mol. The highest BCUT2D eigenvalue weighted by Crippen LogP contribution is 2.42. The van der Waals surface area contributed by atoms with Crippen molar-refractivity contribution in [1.82, 2.24) is 24.3 Å². The van der Waals surface area contributed by atoms with Gasteiger partial charge >= 0.3 is 0 Å². The van der Waals surface area contributed by atoms with Gasteiger partial charge < -0.3 is 9.47 Å². The van der Waals surface area contributed by atoms with Crippen molar-refractivity contribution in [3.8, 4) is 0 Å². The van der Waals surface area contributed by atoms with Crippen molar-refractivity contribution in [1.29, 1.82) is 0 Å². The van der Waals surface area contributed by atoms with Gasteiger partial charge in [-0.2, -0.15) is 0 Å². The first-order valence-corrected chi connectivity index (χ1v) is 10.7. The van der Waals surface area contributed by atoms with Crippen LogP contribution in [0.5, 0.6) is 0 Å². The highest BCUT2D eigenvalue weighted by molar-refractivity contribution is 7.09. The molecule has 1 amide bonds. The highest BCUT2D eigenvalue weighted by Gasteiger charge is 2.45. The number of nitrogens with zero attached hydrogens (tertiary/aromatic N) is 5. The lowest BCUT2D eigenvalue weighted by atomic mass is 9.72. The highest BCUT2D eigenvalue weighted by atomic mass is 32.1. The Bertz CT molecular complexity index is 818. The SMILES string of the molecule is CC(=O)N1CCC2(CC1)CN(Cc1nccs1)Cc1c2nc(C)n1C(C)C. The summed E-state index contributed by atoms with van der Waals surface area (Å²) in [6.45, 7) is 12.7. The van der Waals surface area contributed by atoms with E-state index >= 15 is 0 Å². The fraction of sp³-hybridized carbons (Fsp3) is 0.650. The molecule has 1 saturated heterocycles. The van der Waals surface area contributed by atoms with Gasteiger partial charge in [0, 0.05) is 56.1 Å². The minimum absolute atomic E-state index is 0.0433. The van der Waals surface area contributed by atoms with Crippen molar-refractivity contribution in [3.05, 3.63) is 33.8 Å². The molecule has 6 nitrogen and oxygen atoms in total. The van der Waals surface area contributed by atoms with Crippen LogP contribution in [0.25, 0.3) is 0 Å². The quantitative estimate of drug-likeness (QED) is 0.812. The molecule has 2 aliphatic rings. The number of hydrogen-bond acceptors (Lipinski definition) is 5. The minimum Gasteiger partial charge on any atom is -0.343 e. The van der Waals surface area contributed by atoms with E-state index in [9.17, 15) is 4.79 Å². The van der Waals surface area contributed by atoms with Crippen molar-refractivity contribution in [2.75, 3.05) is 19.6 Å². The van der Waals surface area contributed by atoms with E-state index in [2.05, 4.69) is 35.2 Å². The van der Waals surface area contributed by atoms with Crippen LogP contribution in [0.15, 0.2) is 11.6 Å². The van der Waals surface area contributed by atoms with E-state index in [1.807, 2.05) is 16.5 Å². The van der Waals surface area contributed by atoms with Gasteiger partial charge in [-0.05, 0) is 33.6 Å². The molecule has 2 aromatic heterocycles. The Hall–Kier alpha value is -1.73. The van der Waals surface area contributed by atoms with E-state index in [0.717, 1.165) is 51.4 Å². The van der Waals surface area contributed by atoms with Crippen LogP contribution in [0, 0.1) is 6.92 Å². The molecule has 4 rings (SSSR count). The largest absolute Gasteiger partial charge is 0.343 e. The van der Waals surface area contributed by atoms with Crippen LogP contribution in [0.4, 0.5) is 0 Å². The van der Waals surface area contributed by atoms with Crippen LogP contribution in [0.3, 0.4) is 0 Å². The standard InChI is InChI=1S/C20H29N5OS/c1-14(2)25-15(3)22-19-17(25)11-23(12-18-21-7-10-27-18)13-20(19)5-8-24(9-6-20)16(4)26/h7,10,14H,5-6,8-9,11-13H2,1-4H3. The Kier molecular flexibility index (Phi) is 4.84. The Balaban J connectivity index is 1.70. The molecule has 146 valence electrons. The second-order valence-electron chi connectivity index (χ2n) is 8.28. The van der Waals surface area contributed by atoms with E-state index in [0.29, 0.717) is 6.04 Å². The van der Waals surface area contributed by atoms with Gasteiger partial charge in [0.15, 0.2) is 0 Å². The first-order chi connectivity index (χ1) is 12.9. The third kappa shape index (κ3) is 3.31. The Labute approximate surface area is 165 Å². The summed E-state index contributed by atoms with van der Waals surface area (Å²) in [5.74, 6) is 1.30. The van der Waals surface area contributed by atoms with Gasteiger partial charge in [0.2, 0.25) is 5.91 Å². The van der Waals surface area contributed by atoms with Crippen LogP contribution in [0.2, 0.25) is 0 Å². The normalized spacial score (nSPS) is 19.7. The van der Waals surface area contributed by atoms with Crippen molar-refractivity contribution < 1.29 is 4.79 Å². The molecule has 0 aromatic carbocycles. The smallest absolute Gasteiger partial charge is 0.219 e. The summed E-state index contributed by atoms with van der Waals surface area (Å²) in [5.41, 5.74) is 2.69. The summed E-state index contributed by atoms with van der Waals surface area (Å²) < 4.78 is 2.41. The number of aromatic nitrogens is 3. The molecule has 1 spiro atoms. The topological polar surface area (TPSA) is 54.3 Å². The number of rotatable bonds is 3. The van der Waals surface area contributed by atoms with Gasteiger partial charge in [0.05, 0.1) is 17.9 Å². The predicted molar refractivity (Wildman–Crippen MR) is 107 cm³/mol. The van der Waals surface area contributed by atoms with E-state index < -0.39 is 0 Å². The second-order valence-corrected chi connectivity index (χ2v) is 9.25. The average molecular weight is 388 g/mol. The molecule has 2 aromatic rings. The number of carbonyl (C=O) groups excluding carboxylic acids is 1. The minimum atomic E-state index is 0.0433. The number of thiazole rings is 1. The molecular formula is C20H29N5OS. The molecule has 0 N–H and O–H groups in total. The third-order valence-electron chi connectivity index (χ3n) is 6.11. The maximum absolute atomic E-state index is 11.8. The molecule has 7 heteroatoms. The van der Waals surface area contributed by atoms with Crippen LogP contribution in [-0.4, -0.2) is 49.9 Å². The Morgan fingerprint density at radius 1 is 1.33 bits per heavy atom. The molecule has 2 aliphatic heterocycles. The van der Waals surface area contributed by atoms with Gasteiger partial charge in [0.1, 0.15) is 10.8 Å². The van der Waals surface area contributed by atoms with Gasteiger partial charge in [-0.3, -0.25) is 9.69 Å². The van der Waals surface area contributed by atoms with Crippen LogP contribution >= 0.6 is 11.3 Å². The molecule has 1 fully saturated rings.